The second-order valence-electron chi connectivity index (χ2n) is 6.49. The van der Waals surface area contributed by atoms with Crippen LogP contribution in [0.3, 0.4) is 0 Å². The van der Waals surface area contributed by atoms with Crippen molar-refractivity contribution in [2.24, 2.45) is 0 Å². The number of rotatable bonds is 14. The van der Waals surface area contributed by atoms with E-state index in [1.165, 1.54) is 78.5 Å². The van der Waals surface area contributed by atoms with Gasteiger partial charge in [-0.1, -0.05) is 55.4 Å². The third kappa shape index (κ3) is 43.4. The van der Waals surface area contributed by atoms with Crippen LogP contribution in [0, 0.1) is 10.2 Å². The van der Waals surface area contributed by atoms with Gasteiger partial charge in [-0.05, 0) is 52.4 Å². The zero-order valence-corrected chi connectivity index (χ0v) is 24.7. The monoisotopic (exact) mass is 607 g/mol. The number of halogens is 1. The summed E-state index contributed by atoms with van der Waals surface area (Å²) in [5.74, 6) is 0. The van der Waals surface area contributed by atoms with Gasteiger partial charge < -0.3 is 30.6 Å². The van der Waals surface area contributed by atoms with Crippen LogP contribution < -0.4 is 18.6 Å². The van der Waals surface area contributed by atoms with Gasteiger partial charge in [0.05, 0.1) is 0 Å². The Balaban J connectivity index is -0.0000000619. The largest absolute Gasteiger partial charge is 2.00 e. The number of hydrogen-bond donors (Lipinski definition) is 0. The second-order valence-corrected chi connectivity index (χ2v) is 7.24. The molecule has 2 radical (unpaired) electrons. The van der Waals surface area contributed by atoms with E-state index in [9.17, 15) is 0 Å². The van der Waals surface area contributed by atoms with Crippen molar-refractivity contribution in [1.82, 2.24) is 19.6 Å². The zero-order chi connectivity index (χ0) is 23.3. The molecule has 0 aliphatic rings. The molecule has 214 valence electrons. The molecule has 0 unspecified atom stereocenters. The molecule has 0 aromatic heterocycles. The minimum atomic E-state index is -4.94. The maximum Gasteiger partial charge on any atom is 2.00 e. The van der Waals surface area contributed by atoms with Crippen molar-refractivity contribution in [3.8, 4) is 0 Å². The fourth-order valence-electron chi connectivity index (χ4n) is 2.73. The van der Waals surface area contributed by atoms with E-state index in [0.717, 1.165) is 0 Å². The van der Waals surface area contributed by atoms with Crippen LogP contribution in [0.4, 0.5) is 0 Å². The van der Waals surface area contributed by atoms with Crippen LogP contribution in [-0.4, -0.2) is 98.1 Å². The Hall–Kier alpha value is 0.929. The molecule has 0 heterocycles. The number of nitrogens with zero attached hydrogens (tertiary/aromatic N) is 4. The summed E-state index contributed by atoms with van der Waals surface area (Å²) >= 11 is 0. The van der Waals surface area contributed by atoms with Crippen LogP contribution in [0.15, 0.2) is 0 Å². The van der Waals surface area contributed by atoms with E-state index < -0.39 is 10.2 Å². The van der Waals surface area contributed by atoms with Crippen molar-refractivity contribution >= 4 is 0 Å². The molecule has 0 amide bonds. The first-order valence-corrected chi connectivity index (χ1v) is 12.3. The van der Waals surface area contributed by atoms with Gasteiger partial charge in [-0.25, -0.2) is 18.6 Å². The van der Waals surface area contributed by atoms with E-state index >= 15 is 0 Å². The van der Waals surface area contributed by atoms with E-state index in [1.54, 1.807) is 0 Å². The predicted molar refractivity (Wildman–Crippen MR) is 121 cm³/mol. The standard InChI is InChI=1S/2C10H24N2.ClHO4.2Cu.2H2O/c2*1-5-11(6-2)9-10-12(7-3)8-4;2-1(3,4)5;;;;/h2*5-10H2,1-4H3;(H,2,3,4,5);;;2*1H2/q;;;2*+2;;/p+1. The summed E-state index contributed by atoms with van der Waals surface area (Å²) in [6.07, 6.45) is 0. The Morgan fingerprint density at radius 2 is 0.485 bits per heavy atom. The summed E-state index contributed by atoms with van der Waals surface area (Å²) in [6.45, 7) is 32.1. The van der Waals surface area contributed by atoms with Crippen LogP contribution in [0.5, 0.6) is 0 Å². The van der Waals surface area contributed by atoms with Crippen LogP contribution in [0.1, 0.15) is 55.4 Å². The summed E-state index contributed by atoms with van der Waals surface area (Å²) in [5.41, 5.74) is 0. The average Bonchev–Trinajstić information content (AvgIpc) is 2.68. The molecular weight excluding hydrogens is 555 g/mol. The Labute approximate surface area is 227 Å². The minimum absolute atomic E-state index is 0. The molecule has 0 rings (SSSR count). The first-order valence-electron chi connectivity index (χ1n) is 11.1. The third-order valence-corrected chi connectivity index (χ3v) is 5.04. The molecule has 13 heteroatoms. The Morgan fingerprint density at radius 1 is 0.394 bits per heavy atom. The molecule has 0 saturated heterocycles. The third-order valence-electron chi connectivity index (χ3n) is 5.04. The van der Waals surface area contributed by atoms with Crippen molar-refractivity contribution in [3.63, 3.8) is 0 Å². The molecule has 0 aliphatic carbocycles. The zero-order valence-electron chi connectivity index (χ0n) is 22.0. The Morgan fingerprint density at radius 3 is 0.545 bits per heavy atom. The van der Waals surface area contributed by atoms with Crippen molar-refractivity contribution in [3.05, 3.63) is 0 Å². The van der Waals surface area contributed by atoms with Gasteiger partial charge in [0, 0.05) is 26.2 Å². The molecule has 0 aromatic carbocycles. The van der Waals surface area contributed by atoms with Crippen LogP contribution in [-0.2, 0) is 45.1 Å². The summed E-state index contributed by atoms with van der Waals surface area (Å²) in [6, 6.07) is 0. The summed E-state index contributed by atoms with van der Waals surface area (Å²) < 4.78 is 34.0. The summed E-state index contributed by atoms with van der Waals surface area (Å²) in [5, 5.41) is 0. The van der Waals surface area contributed by atoms with Gasteiger partial charge in [0.25, 0.3) is 0 Å². The Kier molecular flexibility index (Phi) is 53.9. The molecule has 0 saturated carbocycles. The van der Waals surface area contributed by atoms with Gasteiger partial charge in [0.2, 0.25) is 0 Å². The second kappa shape index (κ2) is 35.1. The van der Waals surface area contributed by atoms with E-state index in [4.69, 9.17) is 18.6 Å². The molecule has 10 nitrogen and oxygen atoms in total. The molecule has 6 N–H and O–H groups in total. The maximum atomic E-state index is 8.49. The first-order chi connectivity index (χ1) is 13.6. The maximum absolute atomic E-state index is 8.49. The minimum Gasteiger partial charge on any atom is -0.457 e. The summed E-state index contributed by atoms with van der Waals surface area (Å²) in [7, 11) is -4.94. The van der Waals surface area contributed by atoms with Crippen LogP contribution in [0.2, 0.25) is 0 Å². The summed E-state index contributed by atoms with van der Waals surface area (Å²) in [4.78, 5) is 9.88. The molecule has 0 fully saturated rings. The average molecular weight is 609 g/mol. The number of hydrogen-bond acceptors (Lipinski definition) is 8. The van der Waals surface area contributed by atoms with Crippen LogP contribution in [0.25, 0.3) is 0 Å². The van der Waals surface area contributed by atoms with Crippen molar-refractivity contribution < 1.29 is 74.0 Å². The predicted octanol–water partition coefficient (Wildman–Crippen LogP) is -3.26. The fraction of sp³-hybridized carbons (Fsp3) is 1.00. The van der Waals surface area contributed by atoms with Gasteiger partial charge in [-0.3, -0.25) is 0 Å². The number of likely N-dealkylation sites (N-methyl/N-ethyl adjacent to an activating group) is 4. The smallest absolute Gasteiger partial charge is 0.457 e. The van der Waals surface area contributed by atoms with Crippen LogP contribution >= 0.6 is 0 Å². The van der Waals surface area contributed by atoms with Gasteiger partial charge in [-0.15, -0.1) is 10.2 Å². The fourth-order valence-corrected chi connectivity index (χ4v) is 2.73. The van der Waals surface area contributed by atoms with Gasteiger partial charge in [-0.2, -0.15) is 0 Å². The quantitative estimate of drug-likeness (QED) is 0.146. The van der Waals surface area contributed by atoms with Crippen molar-refractivity contribution in [2.75, 3.05) is 78.5 Å². The molecule has 33 heavy (non-hydrogen) atoms. The van der Waals surface area contributed by atoms with Crippen molar-refractivity contribution in [2.45, 2.75) is 55.4 Å². The molecule has 0 aromatic rings. The normalized spacial score (nSPS) is 10.2. The molecule has 0 bridgehead atoms. The first kappa shape index (κ1) is 50.7. The topological polar surface area (TPSA) is 171 Å². The van der Waals surface area contributed by atoms with Crippen molar-refractivity contribution in [1.29, 1.82) is 0 Å². The van der Waals surface area contributed by atoms with E-state index in [0.29, 0.717) is 0 Å². The Bertz CT molecular complexity index is 269. The molecule has 0 spiro atoms. The molecule has 0 aliphatic heterocycles. The van der Waals surface area contributed by atoms with Gasteiger partial charge in [0.15, 0.2) is 0 Å². The van der Waals surface area contributed by atoms with Gasteiger partial charge in [0.1, 0.15) is 0 Å². The SMILES string of the molecule is CCN(CC)CCN(CC)CC.CCN(CC)CCN(CC)CC.[Cu+2].[Cu+2].[O-][Cl+3]([O-])([O-])[O-].[OH3+].[OH3+]. The van der Waals surface area contributed by atoms with E-state index in [2.05, 4.69) is 75.0 Å². The van der Waals surface area contributed by atoms with Gasteiger partial charge >= 0.3 is 34.1 Å². The van der Waals surface area contributed by atoms with E-state index in [1.807, 2.05) is 0 Å². The molecular formula is C20H54ClCu2N4O6+5. The molecule has 0 atom stereocenters. The van der Waals surface area contributed by atoms with E-state index in [-0.39, 0.29) is 45.1 Å².